The minimum atomic E-state index is -0.694. The Morgan fingerprint density at radius 3 is 2.40 bits per heavy atom. The molecule has 0 saturated carbocycles. The average molecular weight is 673 g/mol. The van der Waals surface area contributed by atoms with Crippen LogP contribution in [0.3, 0.4) is 0 Å². The van der Waals surface area contributed by atoms with Crippen molar-refractivity contribution in [1.29, 1.82) is 0 Å². The van der Waals surface area contributed by atoms with Gasteiger partial charge in [0.2, 0.25) is 11.8 Å². The summed E-state index contributed by atoms with van der Waals surface area (Å²) in [5, 5.41) is 1.87. The molecule has 0 bridgehead atoms. The number of hydrogen-bond donors (Lipinski definition) is 1. The summed E-state index contributed by atoms with van der Waals surface area (Å²) in [6.07, 6.45) is 0.527. The van der Waals surface area contributed by atoms with Gasteiger partial charge in [0, 0.05) is 24.2 Å². The average Bonchev–Trinajstić information content (AvgIpc) is 3.42. The highest BCUT2D eigenvalue weighted by Gasteiger charge is 2.43. The monoisotopic (exact) mass is 672 g/mol. The third-order valence-corrected chi connectivity index (χ3v) is 9.23. The number of hydrogen-bond acceptors (Lipinski definition) is 8. The molecule has 0 aliphatic carbocycles. The number of rotatable bonds is 13. The van der Waals surface area contributed by atoms with Crippen molar-refractivity contribution in [2.45, 2.75) is 30.1 Å². The molecule has 1 aliphatic heterocycles. The van der Waals surface area contributed by atoms with Crippen LogP contribution in [0.1, 0.15) is 38.8 Å². The van der Waals surface area contributed by atoms with Crippen molar-refractivity contribution in [3.63, 3.8) is 0 Å². The molecule has 4 aromatic rings. The summed E-state index contributed by atoms with van der Waals surface area (Å²) in [6.45, 7) is 0.748. The predicted molar refractivity (Wildman–Crippen MR) is 180 cm³/mol. The maximum absolute atomic E-state index is 13.9. The molecule has 1 aliphatic rings. The lowest BCUT2D eigenvalue weighted by atomic mass is 10.1. The van der Waals surface area contributed by atoms with Crippen LogP contribution in [0, 0.1) is 12.1 Å². The summed E-state index contributed by atoms with van der Waals surface area (Å²) in [7, 11) is 4.40. The van der Waals surface area contributed by atoms with E-state index in [0.29, 0.717) is 48.1 Å². The van der Waals surface area contributed by atoms with Gasteiger partial charge in [0.1, 0.15) is 12.0 Å². The Labute approximate surface area is 283 Å². The third kappa shape index (κ3) is 8.12. The van der Waals surface area contributed by atoms with E-state index in [9.17, 15) is 14.4 Å². The number of anilines is 1. The third-order valence-electron chi connectivity index (χ3n) is 7.48. The summed E-state index contributed by atoms with van der Waals surface area (Å²) >= 11 is 7.61. The molecule has 1 fully saturated rings. The Balaban J connectivity index is 1.31. The Bertz CT molecular complexity index is 1720. The van der Waals surface area contributed by atoms with Gasteiger partial charge in [-0.1, -0.05) is 54.1 Å². The predicted octanol–water partition coefficient (Wildman–Crippen LogP) is 6.22. The Kier molecular flexibility index (Phi) is 11.1. The molecule has 1 heterocycles. The van der Waals surface area contributed by atoms with E-state index < -0.39 is 16.6 Å². The molecule has 0 spiro atoms. The van der Waals surface area contributed by atoms with E-state index in [1.165, 1.54) is 24.9 Å². The molecule has 9 nitrogen and oxygen atoms in total. The zero-order chi connectivity index (χ0) is 33.3. The number of carbonyl (C=O) groups excluding carboxylic acids is 3. The fourth-order valence-electron chi connectivity index (χ4n) is 5.05. The molecular weight excluding hydrogens is 640 g/mol. The highest BCUT2D eigenvalue weighted by atomic mass is 35.5. The van der Waals surface area contributed by atoms with Gasteiger partial charge in [-0.3, -0.25) is 14.5 Å². The van der Waals surface area contributed by atoms with Gasteiger partial charge >= 0.3 is 5.97 Å². The first-order valence-corrected chi connectivity index (χ1v) is 16.1. The second-order valence-electron chi connectivity index (χ2n) is 10.5. The van der Waals surface area contributed by atoms with Crippen molar-refractivity contribution in [1.82, 2.24) is 5.32 Å². The van der Waals surface area contributed by atoms with E-state index in [0.717, 1.165) is 11.1 Å². The summed E-state index contributed by atoms with van der Waals surface area (Å²) in [5.74, 6) is 0.563. The number of thioether (sulfide) groups is 1. The molecule has 0 unspecified atom stereocenters. The van der Waals surface area contributed by atoms with E-state index >= 15 is 0 Å². The molecule has 47 heavy (non-hydrogen) atoms. The number of benzene rings is 3. The number of nitrogens with one attached hydrogen (secondary N) is 1. The van der Waals surface area contributed by atoms with E-state index in [-0.39, 0.29) is 28.8 Å². The van der Waals surface area contributed by atoms with Gasteiger partial charge in [0.25, 0.3) is 0 Å². The molecule has 2 amide bonds. The van der Waals surface area contributed by atoms with Crippen molar-refractivity contribution in [3.05, 3.63) is 118 Å². The fourth-order valence-corrected chi connectivity index (χ4v) is 6.67. The molecule has 11 heteroatoms. The van der Waals surface area contributed by atoms with Crippen LogP contribution in [0.15, 0.2) is 78.9 Å². The van der Waals surface area contributed by atoms with E-state index in [1.54, 1.807) is 37.3 Å². The molecule has 242 valence electrons. The number of halogens is 1. The normalized spacial score (nSPS) is 15.5. The standard InChI is InChI=1S/C36H33ClN2O7S/c1-43-30-16-9-23(19-31(30)44-2)17-18-38-33(40)21-32-34(41)39(26-12-15-29(37)28(20-26)36(42)45-3)35(47-32)25-10-13-27(14-11-25)46-22-24-7-5-4-6-8-24/h4-10,12-13,15-16,19-20,32,35H,17-18,21-22H2,1-3H3,(H,38,40)/t32-,35+/m1/s1. The Morgan fingerprint density at radius 1 is 0.915 bits per heavy atom. The molecule has 1 N–H and O–H groups in total. The molecular formula is C36H33ClN2O7S. The quantitative estimate of drug-likeness (QED) is 0.167. The lowest BCUT2D eigenvalue weighted by molar-refractivity contribution is -0.124. The molecule has 0 radical (unpaired) electrons. The van der Waals surface area contributed by atoms with Crippen LogP contribution in [0.25, 0.3) is 0 Å². The number of ether oxygens (including phenoxy) is 4. The summed E-state index contributed by atoms with van der Waals surface area (Å²) in [5.41, 5.74) is 3.20. The maximum Gasteiger partial charge on any atom is 0.339 e. The van der Waals surface area contributed by atoms with Crippen LogP contribution >= 0.6 is 23.4 Å². The second-order valence-corrected chi connectivity index (χ2v) is 12.2. The molecule has 5 rings (SSSR count). The molecule has 2 atom stereocenters. The van der Waals surface area contributed by atoms with Gasteiger partial charge in [-0.15, -0.1) is 11.8 Å². The van der Waals surface area contributed by atoms with Crippen molar-refractivity contribution in [3.8, 4) is 17.2 Å². The topological polar surface area (TPSA) is 103 Å². The number of carbonyl (C=O) groups is 3. The lowest BCUT2D eigenvalue weighted by Crippen LogP contribution is -2.34. The van der Waals surface area contributed by atoms with Gasteiger partial charge in [-0.25, -0.2) is 4.79 Å². The maximum atomic E-state index is 13.9. The number of amides is 2. The smallest absolute Gasteiger partial charge is 0.339 e. The van der Waals surface area contributed by atoms with Gasteiger partial charge in [0.05, 0.1) is 37.2 Å². The minimum Gasteiger partial charge on any atom is -0.493 e. The number of esters is 1. The second kappa shape index (κ2) is 15.6. The zero-order valence-electron chi connectivity index (χ0n) is 26.1. The van der Waals surface area contributed by atoms with Crippen LogP contribution in [-0.4, -0.2) is 50.9 Å². The van der Waals surface area contributed by atoms with Crippen LogP contribution in [-0.2, 0) is 27.4 Å². The van der Waals surface area contributed by atoms with Gasteiger partial charge in [0.15, 0.2) is 17.2 Å². The number of nitrogens with zero attached hydrogens (tertiary/aromatic N) is 1. The highest BCUT2D eigenvalue weighted by molar-refractivity contribution is 8.01. The van der Waals surface area contributed by atoms with Crippen molar-refractivity contribution >= 4 is 46.8 Å². The molecule has 0 aromatic heterocycles. The van der Waals surface area contributed by atoms with Crippen LogP contribution in [0.4, 0.5) is 5.69 Å². The summed E-state index contributed by atoms with van der Waals surface area (Å²) in [4.78, 5) is 40.9. The van der Waals surface area contributed by atoms with E-state index in [4.69, 9.17) is 30.5 Å². The summed E-state index contributed by atoms with van der Waals surface area (Å²) < 4.78 is 21.4. The van der Waals surface area contributed by atoms with Gasteiger partial charge < -0.3 is 24.3 Å². The van der Waals surface area contributed by atoms with Crippen molar-refractivity contribution in [2.24, 2.45) is 0 Å². The Morgan fingerprint density at radius 2 is 1.70 bits per heavy atom. The first-order chi connectivity index (χ1) is 22.8. The van der Waals surface area contributed by atoms with E-state index in [1.807, 2.05) is 54.6 Å². The van der Waals surface area contributed by atoms with Crippen molar-refractivity contribution in [2.75, 3.05) is 32.8 Å². The number of methoxy groups -OCH3 is 3. The van der Waals surface area contributed by atoms with E-state index in [2.05, 4.69) is 17.4 Å². The lowest BCUT2D eigenvalue weighted by Gasteiger charge is -2.24. The van der Waals surface area contributed by atoms with Crippen molar-refractivity contribution < 1.29 is 33.3 Å². The van der Waals surface area contributed by atoms with Crippen LogP contribution < -0.4 is 24.4 Å². The minimum absolute atomic E-state index is 0.0398. The van der Waals surface area contributed by atoms with Crippen LogP contribution in [0.5, 0.6) is 17.2 Å². The fraction of sp³-hybridized carbons (Fsp3) is 0.250. The molecule has 4 aromatic carbocycles. The van der Waals surface area contributed by atoms with Gasteiger partial charge in [-0.2, -0.15) is 0 Å². The summed E-state index contributed by atoms with van der Waals surface area (Å²) in [6, 6.07) is 29.9. The molecule has 1 saturated heterocycles. The Hall–Kier alpha value is -4.85. The SMILES string of the molecule is COC(=O)c1cc(N2C(=O)[C@@H](CC(=O)NCCc3ccc(OC)c(OC)c3)S[C@H]2c2c#cc(OCc3ccccc3)cc2)ccc1Cl. The van der Waals surface area contributed by atoms with Crippen LogP contribution in [0.2, 0.25) is 5.02 Å². The van der Waals surface area contributed by atoms with Gasteiger partial charge in [-0.05, 0) is 66.1 Å². The zero-order valence-corrected chi connectivity index (χ0v) is 27.7. The first-order valence-electron chi connectivity index (χ1n) is 14.8. The highest BCUT2D eigenvalue weighted by Crippen LogP contribution is 2.47. The largest absolute Gasteiger partial charge is 0.493 e. The first kappa shape index (κ1) is 33.5.